The first kappa shape index (κ1) is 24.5. The number of guanidine groups is 1. The maximum atomic E-state index is 5.83. The molecule has 2 aromatic rings. The van der Waals surface area contributed by atoms with Gasteiger partial charge in [0.05, 0.1) is 6.54 Å². The summed E-state index contributed by atoms with van der Waals surface area (Å²) in [5.74, 6) is 1.67. The highest BCUT2D eigenvalue weighted by Gasteiger charge is 2.18. The molecule has 3 rings (SSSR count). The molecule has 0 amide bonds. The zero-order valence-corrected chi connectivity index (χ0v) is 20.4. The minimum absolute atomic E-state index is 0. The van der Waals surface area contributed by atoms with Gasteiger partial charge in [-0.25, -0.2) is 15.0 Å². The molecule has 164 valence electrons. The van der Waals surface area contributed by atoms with Crippen LogP contribution in [0, 0.1) is 0 Å². The molecule has 1 fully saturated rings. The normalized spacial score (nSPS) is 14.9. The third-order valence-corrected chi connectivity index (χ3v) is 4.96. The van der Waals surface area contributed by atoms with Crippen LogP contribution in [0.5, 0.6) is 0 Å². The number of aliphatic imine (C=N–C) groups is 1. The summed E-state index contributed by atoms with van der Waals surface area (Å²) < 4.78 is 0. The third kappa shape index (κ3) is 8.19. The first-order valence-electron chi connectivity index (χ1n) is 10.1. The molecule has 0 unspecified atom stereocenters. The van der Waals surface area contributed by atoms with Crippen LogP contribution in [0.3, 0.4) is 0 Å². The Hall–Kier alpha value is -1.72. The zero-order chi connectivity index (χ0) is 20.3. The Bertz CT molecular complexity index is 751. The Morgan fingerprint density at radius 2 is 1.87 bits per heavy atom. The van der Waals surface area contributed by atoms with Gasteiger partial charge in [-0.3, -0.25) is 9.89 Å². The molecular weight excluding hydrogens is 515 g/mol. The van der Waals surface area contributed by atoms with E-state index < -0.39 is 0 Å². The van der Waals surface area contributed by atoms with E-state index in [0.29, 0.717) is 5.15 Å². The molecule has 3 heterocycles. The van der Waals surface area contributed by atoms with Crippen molar-refractivity contribution in [1.29, 1.82) is 0 Å². The molecule has 30 heavy (non-hydrogen) atoms. The first-order valence-corrected chi connectivity index (χ1v) is 10.5. The average Bonchev–Trinajstić information content (AvgIpc) is 2.76. The molecule has 2 aromatic heterocycles. The lowest BCUT2D eigenvalue weighted by Crippen LogP contribution is -2.47. The van der Waals surface area contributed by atoms with Crippen LogP contribution in [0.2, 0.25) is 5.15 Å². The number of nitrogens with zero attached hydrogens (tertiary/aromatic N) is 6. The predicted octanol–water partition coefficient (Wildman–Crippen LogP) is 2.06. The van der Waals surface area contributed by atoms with Gasteiger partial charge in [-0.2, -0.15) is 0 Å². The van der Waals surface area contributed by atoms with E-state index in [2.05, 4.69) is 42.3 Å². The van der Waals surface area contributed by atoms with E-state index in [4.69, 9.17) is 16.6 Å². The number of hydrogen-bond acceptors (Lipinski definition) is 6. The van der Waals surface area contributed by atoms with E-state index in [0.717, 1.165) is 76.3 Å². The van der Waals surface area contributed by atoms with Gasteiger partial charge in [0.25, 0.3) is 0 Å². The fourth-order valence-corrected chi connectivity index (χ4v) is 3.26. The molecular formula is C20H30ClIN8. The number of halogens is 2. The second kappa shape index (κ2) is 13.6. The number of pyridine rings is 1. The molecule has 0 aliphatic carbocycles. The molecule has 0 aromatic carbocycles. The lowest BCUT2D eigenvalue weighted by Gasteiger charge is -2.34. The molecule has 2 N–H and O–H groups in total. The summed E-state index contributed by atoms with van der Waals surface area (Å²) >= 11 is 5.83. The molecule has 10 heteroatoms. The van der Waals surface area contributed by atoms with Crippen molar-refractivity contribution >= 4 is 47.5 Å². The number of hydrogen-bond donors (Lipinski definition) is 2. The van der Waals surface area contributed by atoms with Crippen molar-refractivity contribution in [2.75, 3.05) is 57.3 Å². The zero-order valence-electron chi connectivity index (χ0n) is 17.3. The molecule has 1 saturated heterocycles. The fraction of sp³-hybridized carbons (Fsp3) is 0.500. The second-order valence-corrected chi connectivity index (χ2v) is 7.19. The Morgan fingerprint density at radius 1 is 1.10 bits per heavy atom. The van der Waals surface area contributed by atoms with E-state index >= 15 is 0 Å². The third-order valence-electron chi connectivity index (χ3n) is 4.73. The van der Waals surface area contributed by atoms with Crippen LogP contribution in [0.25, 0.3) is 0 Å². The number of anilines is 1. The van der Waals surface area contributed by atoms with Crippen molar-refractivity contribution in [3.8, 4) is 0 Å². The van der Waals surface area contributed by atoms with Gasteiger partial charge in [-0.15, -0.1) is 24.0 Å². The van der Waals surface area contributed by atoms with Gasteiger partial charge in [0.1, 0.15) is 5.15 Å². The van der Waals surface area contributed by atoms with Crippen molar-refractivity contribution in [3.63, 3.8) is 0 Å². The minimum atomic E-state index is 0. The van der Waals surface area contributed by atoms with Crippen LogP contribution < -0.4 is 15.5 Å². The second-order valence-electron chi connectivity index (χ2n) is 6.80. The number of piperazine rings is 1. The number of nitrogens with one attached hydrogen (secondary N) is 2. The van der Waals surface area contributed by atoms with Crippen molar-refractivity contribution in [1.82, 2.24) is 30.5 Å². The first-order chi connectivity index (χ1) is 14.2. The standard InChI is InChI=1S/C20H29ClN8.HI/c1-2-22-19(23-9-6-17-4-5-18(21)27-16-17)24-10-11-28-12-14-29(15-13-28)20-25-7-3-8-26-20;/h3-5,7-8,16H,2,6,9-15H2,1H3,(H2,22,23,24);1H. The average molecular weight is 545 g/mol. The molecule has 1 aliphatic heterocycles. The van der Waals surface area contributed by atoms with Crippen molar-refractivity contribution in [2.45, 2.75) is 13.3 Å². The molecule has 0 spiro atoms. The van der Waals surface area contributed by atoms with Gasteiger partial charge in [-0.1, -0.05) is 17.7 Å². The fourth-order valence-electron chi connectivity index (χ4n) is 3.15. The Kier molecular flexibility index (Phi) is 11.1. The highest BCUT2D eigenvalue weighted by atomic mass is 127. The van der Waals surface area contributed by atoms with Gasteiger partial charge in [-0.05, 0) is 31.0 Å². The summed E-state index contributed by atoms with van der Waals surface area (Å²) in [6, 6.07) is 5.67. The lowest BCUT2D eigenvalue weighted by atomic mass is 10.2. The quantitative estimate of drug-likeness (QED) is 0.228. The molecule has 1 aliphatic rings. The summed E-state index contributed by atoms with van der Waals surface area (Å²) in [6.07, 6.45) is 6.27. The van der Waals surface area contributed by atoms with Gasteiger partial charge in [0, 0.05) is 64.4 Å². The van der Waals surface area contributed by atoms with Crippen LogP contribution in [-0.2, 0) is 6.42 Å². The number of rotatable bonds is 8. The van der Waals surface area contributed by atoms with Gasteiger partial charge >= 0.3 is 0 Å². The van der Waals surface area contributed by atoms with E-state index in [1.54, 1.807) is 12.4 Å². The Balaban J connectivity index is 0.00000320. The monoisotopic (exact) mass is 544 g/mol. The SMILES string of the molecule is CCNC(=NCCN1CCN(c2ncccn2)CC1)NCCc1ccc(Cl)nc1.I. The van der Waals surface area contributed by atoms with Crippen molar-refractivity contribution in [2.24, 2.45) is 4.99 Å². The van der Waals surface area contributed by atoms with Crippen LogP contribution in [0.1, 0.15) is 12.5 Å². The summed E-state index contributed by atoms with van der Waals surface area (Å²) in [4.78, 5) is 22.2. The van der Waals surface area contributed by atoms with Crippen molar-refractivity contribution < 1.29 is 0 Å². The Labute approximate surface area is 200 Å². The molecule has 0 radical (unpaired) electrons. The smallest absolute Gasteiger partial charge is 0.225 e. The maximum absolute atomic E-state index is 5.83. The van der Waals surface area contributed by atoms with Crippen molar-refractivity contribution in [3.05, 3.63) is 47.5 Å². The van der Waals surface area contributed by atoms with Crippen LogP contribution in [0.15, 0.2) is 41.8 Å². The summed E-state index contributed by atoms with van der Waals surface area (Å²) in [5.41, 5.74) is 1.15. The topological polar surface area (TPSA) is 81.6 Å². The largest absolute Gasteiger partial charge is 0.357 e. The number of aromatic nitrogens is 3. The van der Waals surface area contributed by atoms with Gasteiger partial charge in [0.2, 0.25) is 5.95 Å². The maximum Gasteiger partial charge on any atom is 0.225 e. The van der Waals surface area contributed by atoms with E-state index in [1.165, 1.54) is 0 Å². The summed E-state index contributed by atoms with van der Waals surface area (Å²) in [6.45, 7) is 9.31. The van der Waals surface area contributed by atoms with E-state index in [9.17, 15) is 0 Å². The summed E-state index contributed by atoms with van der Waals surface area (Å²) in [7, 11) is 0. The highest BCUT2D eigenvalue weighted by Crippen LogP contribution is 2.09. The lowest BCUT2D eigenvalue weighted by molar-refractivity contribution is 0.263. The van der Waals surface area contributed by atoms with Crippen LogP contribution in [0.4, 0.5) is 5.95 Å². The van der Waals surface area contributed by atoms with E-state index in [1.807, 2.05) is 24.4 Å². The molecule has 0 atom stereocenters. The van der Waals surface area contributed by atoms with Gasteiger partial charge in [0.15, 0.2) is 5.96 Å². The van der Waals surface area contributed by atoms with E-state index in [-0.39, 0.29) is 24.0 Å². The minimum Gasteiger partial charge on any atom is -0.357 e. The molecule has 0 bridgehead atoms. The van der Waals surface area contributed by atoms with Gasteiger partial charge < -0.3 is 15.5 Å². The van der Waals surface area contributed by atoms with Crippen LogP contribution in [-0.4, -0.2) is 78.2 Å². The Morgan fingerprint density at radius 3 is 2.53 bits per heavy atom. The summed E-state index contributed by atoms with van der Waals surface area (Å²) in [5, 5.41) is 7.21. The highest BCUT2D eigenvalue weighted by molar-refractivity contribution is 14.0. The molecule has 8 nitrogen and oxygen atoms in total. The van der Waals surface area contributed by atoms with Crippen LogP contribution >= 0.6 is 35.6 Å². The molecule has 0 saturated carbocycles. The predicted molar refractivity (Wildman–Crippen MR) is 133 cm³/mol.